The van der Waals surface area contributed by atoms with Crippen LogP contribution in [-0.2, 0) is 9.53 Å². The average molecular weight is 167 g/mol. The van der Waals surface area contributed by atoms with E-state index in [-0.39, 0.29) is 5.97 Å². The number of rotatable bonds is 3. The van der Waals surface area contributed by atoms with Crippen LogP contribution in [0.3, 0.4) is 0 Å². The Morgan fingerprint density at radius 2 is 2.58 bits per heavy atom. The predicted molar refractivity (Wildman–Crippen MR) is 47.3 cm³/mol. The first-order valence-electron chi connectivity index (χ1n) is 4.17. The van der Waals surface area contributed by atoms with Crippen molar-refractivity contribution in [2.45, 2.75) is 19.8 Å². The van der Waals surface area contributed by atoms with Crippen molar-refractivity contribution in [3.8, 4) is 0 Å². The van der Waals surface area contributed by atoms with Gasteiger partial charge >= 0.3 is 5.97 Å². The minimum absolute atomic E-state index is 0.169. The fourth-order valence-corrected chi connectivity index (χ4v) is 1.06. The van der Waals surface area contributed by atoms with Crippen LogP contribution in [0.2, 0.25) is 0 Å². The summed E-state index contributed by atoms with van der Waals surface area (Å²) < 4.78 is 4.80. The summed E-state index contributed by atoms with van der Waals surface area (Å²) in [5.74, 6) is -0.169. The second-order valence-electron chi connectivity index (χ2n) is 2.58. The van der Waals surface area contributed by atoms with E-state index in [9.17, 15) is 4.79 Å². The summed E-state index contributed by atoms with van der Waals surface area (Å²) in [6.07, 6.45) is 5.08. The Balaban J connectivity index is 2.35. The molecule has 0 amide bonds. The molecule has 0 saturated heterocycles. The molecule has 12 heavy (non-hydrogen) atoms. The summed E-state index contributed by atoms with van der Waals surface area (Å²) in [5, 5.41) is 0. The highest BCUT2D eigenvalue weighted by molar-refractivity contribution is 5.87. The number of esters is 1. The van der Waals surface area contributed by atoms with Crippen molar-refractivity contribution < 1.29 is 9.53 Å². The molecule has 0 N–H and O–H groups in total. The van der Waals surface area contributed by atoms with Crippen molar-refractivity contribution in [2.24, 2.45) is 4.99 Å². The van der Waals surface area contributed by atoms with Crippen LogP contribution in [0.4, 0.5) is 0 Å². The molecule has 0 bridgehead atoms. The van der Waals surface area contributed by atoms with Gasteiger partial charge in [0.1, 0.15) is 0 Å². The zero-order valence-corrected chi connectivity index (χ0v) is 7.25. The van der Waals surface area contributed by atoms with E-state index in [1.165, 1.54) is 0 Å². The maximum absolute atomic E-state index is 11.0. The lowest BCUT2D eigenvalue weighted by Crippen LogP contribution is -2.07. The minimum atomic E-state index is -0.169. The number of aliphatic imine (C=N–C) groups is 1. The summed E-state index contributed by atoms with van der Waals surface area (Å²) >= 11 is 0. The predicted octanol–water partition coefficient (Wildman–Crippen LogP) is 1.34. The smallest absolute Gasteiger partial charge is 0.310 e. The van der Waals surface area contributed by atoms with Crippen LogP contribution in [0.5, 0.6) is 0 Å². The standard InChI is InChI=1S/C9H13NO2/c1-2-12-9(11)6-8-4-3-5-10-7-8/h4,7H,2-3,5-6H2,1H3. The molecule has 3 nitrogen and oxygen atoms in total. The lowest BCUT2D eigenvalue weighted by Gasteiger charge is -2.05. The van der Waals surface area contributed by atoms with Crippen molar-refractivity contribution in [2.75, 3.05) is 13.2 Å². The molecule has 0 unspecified atom stereocenters. The Morgan fingerprint density at radius 1 is 1.75 bits per heavy atom. The quantitative estimate of drug-likeness (QED) is 0.595. The molecule has 0 aromatic carbocycles. The zero-order chi connectivity index (χ0) is 8.81. The number of carbonyl (C=O) groups excluding carboxylic acids is 1. The third kappa shape index (κ3) is 2.86. The summed E-state index contributed by atoms with van der Waals surface area (Å²) in [6, 6.07) is 0. The number of hydrogen-bond acceptors (Lipinski definition) is 3. The molecule has 1 rings (SSSR count). The highest BCUT2D eigenvalue weighted by atomic mass is 16.5. The summed E-state index contributed by atoms with van der Waals surface area (Å²) in [5.41, 5.74) is 0.972. The van der Waals surface area contributed by atoms with Gasteiger partial charge in [-0.05, 0) is 18.9 Å². The van der Waals surface area contributed by atoms with Crippen LogP contribution in [0.25, 0.3) is 0 Å². The van der Waals surface area contributed by atoms with Crippen LogP contribution in [0, 0.1) is 0 Å². The average Bonchev–Trinajstić information content (AvgIpc) is 2.06. The molecule has 0 saturated carbocycles. The van der Waals surface area contributed by atoms with Gasteiger partial charge in [-0.3, -0.25) is 9.79 Å². The molecule has 0 aliphatic carbocycles. The van der Waals surface area contributed by atoms with Crippen molar-refractivity contribution >= 4 is 12.2 Å². The van der Waals surface area contributed by atoms with E-state index in [2.05, 4.69) is 4.99 Å². The molecule has 1 heterocycles. The van der Waals surface area contributed by atoms with Crippen LogP contribution in [0.15, 0.2) is 16.6 Å². The Labute approximate surface area is 72.1 Å². The molecule has 3 heteroatoms. The van der Waals surface area contributed by atoms with Crippen molar-refractivity contribution in [1.29, 1.82) is 0 Å². The molecular formula is C9H13NO2. The molecule has 1 aliphatic rings. The van der Waals surface area contributed by atoms with Gasteiger partial charge in [0.05, 0.1) is 13.0 Å². The Kier molecular flexibility index (Phi) is 3.51. The first-order chi connectivity index (χ1) is 5.83. The zero-order valence-electron chi connectivity index (χ0n) is 7.25. The van der Waals surface area contributed by atoms with Gasteiger partial charge in [0, 0.05) is 12.8 Å². The van der Waals surface area contributed by atoms with E-state index < -0.39 is 0 Å². The normalized spacial score (nSPS) is 15.6. The van der Waals surface area contributed by atoms with Crippen molar-refractivity contribution in [3.63, 3.8) is 0 Å². The molecule has 66 valence electrons. The molecule has 0 aromatic heterocycles. The molecule has 0 radical (unpaired) electrons. The third-order valence-electron chi connectivity index (χ3n) is 1.58. The van der Waals surface area contributed by atoms with Gasteiger partial charge in [-0.15, -0.1) is 0 Å². The van der Waals surface area contributed by atoms with Crippen molar-refractivity contribution in [3.05, 3.63) is 11.6 Å². The number of hydrogen-bond donors (Lipinski definition) is 0. The van der Waals surface area contributed by atoms with Crippen LogP contribution in [-0.4, -0.2) is 25.3 Å². The van der Waals surface area contributed by atoms with Gasteiger partial charge in [0.25, 0.3) is 0 Å². The maximum Gasteiger partial charge on any atom is 0.310 e. The summed E-state index contributed by atoms with van der Waals surface area (Å²) in [4.78, 5) is 15.1. The van der Waals surface area contributed by atoms with E-state index in [4.69, 9.17) is 4.74 Å². The Bertz CT molecular complexity index is 219. The molecule has 0 fully saturated rings. The highest BCUT2D eigenvalue weighted by Gasteiger charge is 2.05. The largest absolute Gasteiger partial charge is 0.466 e. The van der Waals surface area contributed by atoms with E-state index >= 15 is 0 Å². The minimum Gasteiger partial charge on any atom is -0.466 e. The van der Waals surface area contributed by atoms with Gasteiger partial charge in [-0.2, -0.15) is 0 Å². The van der Waals surface area contributed by atoms with Gasteiger partial charge in [0.15, 0.2) is 0 Å². The van der Waals surface area contributed by atoms with E-state index in [1.807, 2.05) is 6.08 Å². The van der Waals surface area contributed by atoms with E-state index in [1.54, 1.807) is 13.1 Å². The van der Waals surface area contributed by atoms with Gasteiger partial charge in [0.2, 0.25) is 0 Å². The second kappa shape index (κ2) is 4.70. The van der Waals surface area contributed by atoms with Gasteiger partial charge < -0.3 is 4.74 Å². The van der Waals surface area contributed by atoms with Crippen LogP contribution >= 0.6 is 0 Å². The Morgan fingerprint density at radius 3 is 3.17 bits per heavy atom. The van der Waals surface area contributed by atoms with E-state index in [0.29, 0.717) is 13.0 Å². The van der Waals surface area contributed by atoms with Gasteiger partial charge in [-0.1, -0.05) is 6.08 Å². The highest BCUT2D eigenvalue weighted by Crippen LogP contribution is 2.06. The van der Waals surface area contributed by atoms with Crippen LogP contribution < -0.4 is 0 Å². The molecule has 0 spiro atoms. The Hall–Kier alpha value is -1.12. The molecular weight excluding hydrogens is 154 g/mol. The first kappa shape index (κ1) is 8.97. The molecule has 0 aromatic rings. The summed E-state index contributed by atoms with van der Waals surface area (Å²) in [7, 11) is 0. The molecule has 0 atom stereocenters. The van der Waals surface area contributed by atoms with Crippen LogP contribution in [0.1, 0.15) is 19.8 Å². The fraction of sp³-hybridized carbons (Fsp3) is 0.556. The van der Waals surface area contributed by atoms with Gasteiger partial charge in [-0.25, -0.2) is 0 Å². The monoisotopic (exact) mass is 167 g/mol. The lowest BCUT2D eigenvalue weighted by molar-refractivity contribution is -0.142. The summed E-state index contributed by atoms with van der Waals surface area (Å²) in [6.45, 7) is 3.09. The maximum atomic E-state index is 11.0. The second-order valence-corrected chi connectivity index (χ2v) is 2.58. The first-order valence-corrected chi connectivity index (χ1v) is 4.17. The fourth-order valence-electron chi connectivity index (χ4n) is 1.06. The van der Waals surface area contributed by atoms with Crippen molar-refractivity contribution in [1.82, 2.24) is 0 Å². The topological polar surface area (TPSA) is 38.7 Å². The number of dihydropyridines is 1. The SMILES string of the molecule is CCOC(=O)CC1=CCCN=C1. The number of nitrogens with zero attached hydrogens (tertiary/aromatic N) is 1. The third-order valence-corrected chi connectivity index (χ3v) is 1.58. The lowest BCUT2D eigenvalue weighted by atomic mass is 10.1. The molecule has 1 aliphatic heterocycles. The number of carbonyl (C=O) groups is 1. The number of ether oxygens (including phenoxy) is 1. The van der Waals surface area contributed by atoms with E-state index in [0.717, 1.165) is 18.5 Å².